The van der Waals surface area contributed by atoms with Crippen molar-refractivity contribution in [3.63, 3.8) is 0 Å². The molecule has 0 aromatic heterocycles. The Morgan fingerprint density at radius 2 is 2.24 bits per heavy atom. The molecular formula is C11H21N3O3. The quantitative estimate of drug-likeness (QED) is 0.744. The summed E-state index contributed by atoms with van der Waals surface area (Å²) in [6, 6.07) is -0.0465. The number of aliphatic carboxylic acids is 1. The largest absolute Gasteiger partial charge is 0.481 e. The van der Waals surface area contributed by atoms with E-state index in [1.54, 1.807) is 9.80 Å². The maximum absolute atomic E-state index is 12.1. The number of carbonyl (C=O) groups excluding carboxylic acids is 1. The summed E-state index contributed by atoms with van der Waals surface area (Å²) in [6.07, 6.45) is 1.86. The predicted octanol–water partition coefficient (Wildman–Crippen LogP) is 0.326. The van der Waals surface area contributed by atoms with Crippen molar-refractivity contribution in [3.8, 4) is 0 Å². The van der Waals surface area contributed by atoms with Crippen LogP contribution in [-0.2, 0) is 4.79 Å². The van der Waals surface area contributed by atoms with Crippen LogP contribution in [0.3, 0.4) is 0 Å². The van der Waals surface area contributed by atoms with Gasteiger partial charge in [-0.15, -0.1) is 0 Å². The van der Waals surface area contributed by atoms with E-state index in [-0.39, 0.29) is 25.0 Å². The molecule has 6 heteroatoms. The average Bonchev–Trinajstić information content (AvgIpc) is 2.29. The van der Waals surface area contributed by atoms with Crippen molar-refractivity contribution in [1.82, 2.24) is 9.80 Å². The first-order valence-corrected chi connectivity index (χ1v) is 6.05. The molecule has 1 aliphatic heterocycles. The van der Waals surface area contributed by atoms with E-state index in [0.717, 1.165) is 19.4 Å². The van der Waals surface area contributed by atoms with E-state index in [9.17, 15) is 9.59 Å². The molecule has 1 atom stereocenters. The number of hydrogen-bond donors (Lipinski definition) is 2. The highest BCUT2D eigenvalue weighted by Gasteiger charge is 2.24. The standard InChI is InChI=1S/C11H21N3O3/c1-2-13(7-5-10(15)16)11(17)14-6-3-4-9(12)8-14/h9H,2-8,12H2,1H3,(H,15,16). The van der Waals surface area contributed by atoms with E-state index >= 15 is 0 Å². The molecule has 17 heavy (non-hydrogen) atoms. The van der Waals surface area contributed by atoms with Crippen LogP contribution in [0.5, 0.6) is 0 Å². The van der Waals surface area contributed by atoms with E-state index in [4.69, 9.17) is 10.8 Å². The number of amides is 2. The molecule has 0 saturated carbocycles. The van der Waals surface area contributed by atoms with E-state index < -0.39 is 5.97 Å². The molecule has 1 aliphatic rings. The molecule has 6 nitrogen and oxygen atoms in total. The van der Waals surface area contributed by atoms with Gasteiger partial charge in [0, 0.05) is 32.2 Å². The first kappa shape index (κ1) is 13.8. The molecule has 0 aromatic carbocycles. The molecule has 1 saturated heterocycles. The third-order valence-electron chi connectivity index (χ3n) is 2.98. The zero-order valence-corrected chi connectivity index (χ0v) is 10.3. The lowest BCUT2D eigenvalue weighted by Crippen LogP contribution is -2.51. The van der Waals surface area contributed by atoms with Crippen LogP contribution in [0.1, 0.15) is 26.2 Å². The highest BCUT2D eigenvalue weighted by molar-refractivity contribution is 5.75. The Kier molecular flexibility index (Phi) is 5.21. The fourth-order valence-corrected chi connectivity index (χ4v) is 2.00. The van der Waals surface area contributed by atoms with Crippen molar-refractivity contribution < 1.29 is 14.7 Å². The summed E-state index contributed by atoms with van der Waals surface area (Å²) >= 11 is 0. The Morgan fingerprint density at radius 1 is 1.53 bits per heavy atom. The van der Waals surface area contributed by atoms with Gasteiger partial charge in [0.1, 0.15) is 0 Å². The molecule has 0 aromatic rings. The van der Waals surface area contributed by atoms with Crippen LogP contribution in [0.4, 0.5) is 4.79 Å². The van der Waals surface area contributed by atoms with Gasteiger partial charge in [0.2, 0.25) is 0 Å². The van der Waals surface area contributed by atoms with Gasteiger partial charge in [-0.05, 0) is 19.8 Å². The number of rotatable bonds is 4. The van der Waals surface area contributed by atoms with Crippen molar-refractivity contribution in [2.45, 2.75) is 32.2 Å². The molecule has 2 amide bonds. The monoisotopic (exact) mass is 243 g/mol. The number of hydrogen-bond acceptors (Lipinski definition) is 3. The fourth-order valence-electron chi connectivity index (χ4n) is 2.00. The molecule has 1 rings (SSSR count). The number of nitrogens with zero attached hydrogens (tertiary/aromatic N) is 2. The molecular weight excluding hydrogens is 222 g/mol. The molecule has 0 bridgehead atoms. The Labute approximate surface area is 101 Å². The molecule has 1 unspecified atom stereocenters. The van der Waals surface area contributed by atoms with E-state index in [0.29, 0.717) is 13.1 Å². The highest BCUT2D eigenvalue weighted by atomic mass is 16.4. The van der Waals surface area contributed by atoms with Gasteiger partial charge >= 0.3 is 12.0 Å². The van der Waals surface area contributed by atoms with Gasteiger partial charge in [0.25, 0.3) is 0 Å². The molecule has 0 spiro atoms. The van der Waals surface area contributed by atoms with Crippen LogP contribution < -0.4 is 5.73 Å². The van der Waals surface area contributed by atoms with Crippen LogP contribution in [0.15, 0.2) is 0 Å². The highest BCUT2D eigenvalue weighted by Crippen LogP contribution is 2.11. The summed E-state index contributed by atoms with van der Waals surface area (Å²) in [7, 11) is 0. The second-order valence-electron chi connectivity index (χ2n) is 4.35. The number of nitrogens with two attached hydrogens (primary N) is 1. The van der Waals surface area contributed by atoms with E-state index in [1.165, 1.54) is 0 Å². The zero-order chi connectivity index (χ0) is 12.8. The molecule has 1 heterocycles. The number of carboxylic acid groups (broad SMARTS) is 1. The maximum Gasteiger partial charge on any atom is 0.320 e. The molecule has 3 N–H and O–H groups in total. The van der Waals surface area contributed by atoms with Gasteiger partial charge in [-0.1, -0.05) is 0 Å². The Morgan fingerprint density at radius 3 is 2.76 bits per heavy atom. The maximum atomic E-state index is 12.1. The lowest BCUT2D eigenvalue weighted by molar-refractivity contribution is -0.137. The van der Waals surface area contributed by atoms with Gasteiger partial charge in [-0.3, -0.25) is 4.79 Å². The summed E-state index contributed by atoms with van der Waals surface area (Å²) in [5.74, 6) is -0.883. The number of carboxylic acids is 1. The lowest BCUT2D eigenvalue weighted by Gasteiger charge is -2.34. The second-order valence-corrected chi connectivity index (χ2v) is 4.35. The normalized spacial score (nSPS) is 20.1. The van der Waals surface area contributed by atoms with Gasteiger partial charge in [0.05, 0.1) is 6.42 Å². The second kappa shape index (κ2) is 6.44. The predicted molar refractivity (Wildman–Crippen MR) is 63.7 cm³/mol. The van der Waals surface area contributed by atoms with Crippen LogP contribution >= 0.6 is 0 Å². The minimum absolute atomic E-state index is 0.0144. The average molecular weight is 243 g/mol. The van der Waals surface area contributed by atoms with Crippen molar-refractivity contribution in [2.24, 2.45) is 5.73 Å². The summed E-state index contributed by atoms with van der Waals surface area (Å²) < 4.78 is 0. The van der Waals surface area contributed by atoms with Crippen molar-refractivity contribution >= 4 is 12.0 Å². The summed E-state index contributed by atoms with van der Waals surface area (Å²) in [5.41, 5.74) is 5.82. The van der Waals surface area contributed by atoms with Crippen molar-refractivity contribution in [1.29, 1.82) is 0 Å². The topological polar surface area (TPSA) is 86.9 Å². The molecule has 1 fully saturated rings. The number of piperidine rings is 1. The minimum Gasteiger partial charge on any atom is -0.481 e. The van der Waals surface area contributed by atoms with Crippen LogP contribution in [-0.4, -0.2) is 59.1 Å². The number of urea groups is 1. The summed E-state index contributed by atoms with van der Waals surface area (Å²) in [5, 5.41) is 8.62. The van der Waals surface area contributed by atoms with Gasteiger partial charge in [0.15, 0.2) is 0 Å². The molecule has 0 aliphatic carbocycles. The Bertz CT molecular complexity index is 283. The van der Waals surface area contributed by atoms with Gasteiger partial charge in [-0.25, -0.2) is 4.79 Å². The van der Waals surface area contributed by atoms with Gasteiger partial charge in [-0.2, -0.15) is 0 Å². The van der Waals surface area contributed by atoms with Crippen molar-refractivity contribution in [2.75, 3.05) is 26.2 Å². The summed E-state index contributed by atoms with van der Waals surface area (Å²) in [6.45, 7) is 3.93. The van der Waals surface area contributed by atoms with Crippen LogP contribution in [0.2, 0.25) is 0 Å². The van der Waals surface area contributed by atoms with E-state index in [1.807, 2.05) is 6.92 Å². The fraction of sp³-hybridized carbons (Fsp3) is 0.818. The molecule has 98 valence electrons. The summed E-state index contributed by atoms with van der Waals surface area (Å²) in [4.78, 5) is 25.9. The Hall–Kier alpha value is -1.30. The lowest BCUT2D eigenvalue weighted by atomic mass is 10.1. The van der Waals surface area contributed by atoms with Crippen molar-refractivity contribution in [3.05, 3.63) is 0 Å². The molecule has 0 radical (unpaired) electrons. The minimum atomic E-state index is -0.883. The number of carbonyl (C=O) groups is 2. The van der Waals surface area contributed by atoms with E-state index in [2.05, 4.69) is 0 Å². The SMILES string of the molecule is CCN(CCC(=O)O)C(=O)N1CCCC(N)C1. The third-order valence-corrected chi connectivity index (χ3v) is 2.98. The van der Waals surface area contributed by atoms with Gasteiger partial charge < -0.3 is 20.6 Å². The zero-order valence-electron chi connectivity index (χ0n) is 10.3. The van der Waals surface area contributed by atoms with Crippen LogP contribution in [0.25, 0.3) is 0 Å². The third kappa shape index (κ3) is 4.22. The smallest absolute Gasteiger partial charge is 0.320 e. The number of likely N-dealkylation sites (tertiary alicyclic amines) is 1. The first-order valence-electron chi connectivity index (χ1n) is 6.05. The first-order chi connectivity index (χ1) is 8.04. The Balaban J connectivity index is 2.49. The van der Waals surface area contributed by atoms with Crippen LogP contribution in [0, 0.1) is 0 Å².